The first-order valence-electron chi connectivity index (χ1n) is 9.32. The number of halogens is 2. The predicted molar refractivity (Wildman–Crippen MR) is 102 cm³/mol. The van der Waals surface area contributed by atoms with Crippen LogP contribution in [0.4, 0.5) is 19.4 Å². The number of hydrogen-bond donors (Lipinski definition) is 0. The van der Waals surface area contributed by atoms with Crippen LogP contribution in [0, 0.1) is 5.92 Å². The molecule has 0 radical (unpaired) electrons. The number of amides is 1. The highest BCUT2D eigenvalue weighted by Gasteiger charge is 2.24. The average Bonchev–Trinajstić information content (AvgIpc) is 2.72. The van der Waals surface area contributed by atoms with Crippen molar-refractivity contribution >= 4 is 11.9 Å². The van der Waals surface area contributed by atoms with Crippen molar-refractivity contribution in [2.24, 2.45) is 5.92 Å². The third kappa shape index (κ3) is 4.74. The van der Waals surface area contributed by atoms with E-state index in [1.807, 2.05) is 18.7 Å². The third-order valence-electron chi connectivity index (χ3n) is 4.53. The van der Waals surface area contributed by atoms with Crippen molar-refractivity contribution in [2.45, 2.75) is 20.3 Å². The molecule has 1 amide bonds. The molecule has 1 aromatic heterocycles. The number of benzene rings is 1. The molecule has 0 saturated carbocycles. The highest BCUT2D eigenvalue weighted by atomic mass is 19.3. The Morgan fingerprint density at radius 3 is 2.54 bits per heavy atom. The van der Waals surface area contributed by atoms with Crippen LogP contribution < -0.4 is 4.90 Å². The molecule has 1 fully saturated rings. The van der Waals surface area contributed by atoms with E-state index in [1.165, 1.54) is 12.4 Å². The first-order chi connectivity index (χ1) is 13.5. The Hall–Kier alpha value is -2.77. The monoisotopic (exact) mass is 390 g/mol. The van der Waals surface area contributed by atoms with Gasteiger partial charge in [-0.05, 0) is 5.92 Å². The minimum atomic E-state index is -2.57. The van der Waals surface area contributed by atoms with Crippen LogP contribution >= 0.6 is 0 Å². The molecular formula is C20H24F2N4O2. The van der Waals surface area contributed by atoms with Crippen molar-refractivity contribution in [2.75, 3.05) is 37.7 Å². The molecule has 0 unspecified atom stereocenters. The Morgan fingerprint density at radius 2 is 1.86 bits per heavy atom. The summed E-state index contributed by atoms with van der Waals surface area (Å²) in [4.78, 5) is 24.2. The Labute approximate surface area is 163 Å². The van der Waals surface area contributed by atoms with Gasteiger partial charge < -0.3 is 14.5 Å². The number of hydrogen-bond acceptors (Lipinski definition) is 5. The number of piperazine rings is 1. The lowest BCUT2D eigenvalue weighted by atomic mass is 10.0. The van der Waals surface area contributed by atoms with Gasteiger partial charge in [0.15, 0.2) is 0 Å². The fourth-order valence-electron chi connectivity index (χ4n) is 3.04. The maximum atomic E-state index is 13.3. The highest BCUT2D eigenvalue weighted by molar-refractivity contribution is 5.69. The van der Waals surface area contributed by atoms with Crippen LogP contribution in [0.5, 0.6) is 0 Å². The van der Waals surface area contributed by atoms with Crippen LogP contribution in [0.2, 0.25) is 0 Å². The van der Waals surface area contributed by atoms with E-state index in [1.54, 1.807) is 29.2 Å². The zero-order valence-electron chi connectivity index (χ0n) is 16.0. The first-order valence-corrected chi connectivity index (χ1v) is 9.32. The van der Waals surface area contributed by atoms with Crippen LogP contribution in [-0.4, -0.2) is 53.7 Å². The summed E-state index contributed by atoms with van der Waals surface area (Å²) in [5.74, 6) is 0.949. The van der Waals surface area contributed by atoms with Gasteiger partial charge in [0.1, 0.15) is 12.1 Å². The summed E-state index contributed by atoms with van der Waals surface area (Å²) >= 11 is 0. The van der Waals surface area contributed by atoms with E-state index in [0.717, 1.165) is 0 Å². The summed E-state index contributed by atoms with van der Waals surface area (Å²) in [6, 6.07) is 8.06. The lowest BCUT2D eigenvalue weighted by molar-refractivity contribution is 0.0901. The molecule has 2 aromatic rings. The second kappa shape index (κ2) is 8.95. The normalized spacial score (nSPS) is 14.6. The van der Waals surface area contributed by atoms with E-state index in [9.17, 15) is 13.6 Å². The molecule has 1 aliphatic heterocycles. The van der Waals surface area contributed by atoms with Gasteiger partial charge in [0, 0.05) is 43.4 Å². The summed E-state index contributed by atoms with van der Waals surface area (Å²) in [5, 5.41) is 0. The van der Waals surface area contributed by atoms with Crippen molar-refractivity contribution in [3.8, 4) is 11.3 Å². The van der Waals surface area contributed by atoms with E-state index < -0.39 is 6.43 Å². The van der Waals surface area contributed by atoms with Gasteiger partial charge in [-0.15, -0.1) is 0 Å². The van der Waals surface area contributed by atoms with Gasteiger partial charge in [0.2, 0.25) is 0 Å². The van der Waals surface area contributed by atoms with Crippen molar-refractivity contribution in [1.82, 2.24) is 14.9 Å². The largest absolute Gasteiger partial charge is 0.449 e. The molecule has 1 saturated heterocycles. The average molecular weight is 390 g/mol. The summed E-state index contributed by atoms with van der Waals surface area (Å²) < 4.78 is 31.9. The number of alkyl halides is 2. The maximum Gasteiger partial charge on any atom is 0.409 e. The smallest absolute Gasteiger partial charge is 0.409 e. The minimum absolute atomic E-state index is 0.0510. The van der Waals surface area contributed by atoms with Gasteiger partial charge in [0.25, 0.3) is 6.43 Å². The van der Waals surface area contributed by atoms with Crippen LogP contribution in [0.25, 0.3) is 11.3 Å². The fourth-order valence-corrected chi connectivity index (χ4v) is 3.04. The standard InChI is InChI=1S/C20H24F2N4O2/c1-14(2)12-28-20(27)26-9-7-25(8-10-26)18-11-17(23-13-24-18)15-5-3-4-6-16(15)19(21)22/h3-6,11,13-14,19H,7-10,12H2,1-2H3. The predicted octanol–water partition coefficient (Wildman–Crippen LogP) is 4.00. The number of rotatable bonds is 5. The van der Waals surface area contributed by atoms with Crippen molar-refractivity contribution < 1.29 is 18.3 Å². The Balaban J connectivity index is 1.69. The SMILES string of the molecule is CC(C)COC(=O)N1CCN(c2cc(-c3ccccc3C(F)F)ncn2)CC1. The second-order valence-electron chi connectivity index (χ2n) is 7.09. The molecule has 1 aromatic carbocycles. The first kappa shape index (κ1) is 20.0. The quantitative estimate of drug-likeness (QED) is 0.773. The van der Waals surface area contributed by atoms with Crippen LogP contribution in [0.3, 0.4) is 0 Å². The van der Waals surface area contributed by atoms with Crippen LogP contribution in [0.15, 0.2) is 36.7 Å². The molecule has 0 N–H and O–H groups in total. The Bertz CT molecular complexity index is 808. The summed E-state index contributed by atoms with van der Waals surface area (Å²) in [6.45, 7) is 6.59. The van der Waals surface area contributed by atoms with Crippen molar-refractivity contribution in [1.29, 1.82) is 0 Å². The number of ether oxygens (including phenoxy) is 1. The van der Waals surface area contributed by atoms with E-state index in [0.29, 0.717) is 55.8 Å². The van der Waals surface area contributed by atoms with Gasteiger partial charge in [-0.2, -0.15) is 0 Å². The van der Waals surface area contributed by atoms with Gasteiger partial charge >= 0.3 is 6.09 Å². The number of carbonyl (C=O) groups excluding carboxylic acids is 1. The van der Waals surface area contributed by atoms with E-state index in [2.05, 4.69) is 9.97 Å². The number of aromatic nitrogens is 2. The van der Waals surface area contributed by atoms with Gasteiger partial charge in [-0.25, -0.2) is 23.5 Å². The molecule has 0 spiro atoms. The lowest BCUT2D eigenvalue weighted by Gasteiger charge is -2.34. The lowest BCUT2D eigenvalue weighted by Crippen LogP contribution is -2.49. The van der Waals surface area contributed by atoms with Crippen LogP contribution in [-0.2, 0) is 4.74 Å². The molecule has 1 aliphatic rings. The van der Waals surface area contributed by atoms with E-state index in [4.69, 9.17) is 4.74 Å². The number of carbonyl (C=O) groups is 1. The molecule has 28 heavy (non-hydrogen) atoms. The van der Waals surface area contributed by atoms with E-state index >= 15 is 0 Å². The Morgan fingerprint density at radius 1 is 1.14 bits per heavy atom. The van der Waals surface area contributed by atoms with Crippen molar-refractivity contribution in [3.05, 3.63) is 42.2 Å². The maximum absolute atomic E-state index is 13.3. The van der Waals surface area contributed by atoms with Gasteiger partial charge in [-0.3, -0.25) is 0 Å². The fraction of sp³-hybridized carbons (Fsp3) is 0.450. The molecule has 150 valence electrons. The molecule has 8 heteroatoms. The Kier molecular flexibility index (Phi) is 6.38. The number of anilines is 1. The molecular weight excluding hydrogens is 366 g/mol. The third-order valence-corrected chi connectivity index (χ3v) is 4.53. The molecule has 3 rings (SSSR count). The summed E-state index contributed by atoms with van der Waals surface area (Å²) in [7, 11) is 0. The topological polar surface area (TPSA) is 58.6 Å². The van der Waals surface area contributed by atoms with Crippen LogP contribution in [0.1, 0.15) is 25.8 Å². The van der Waals surface area contributed by atoms with E-state index in [-0.39, 0.29) is 11.7 Å². The van der Waals surface area contributed by atoms with Gasteiger partial charge in [0.05, 0.1) is 12.3 Å². The molecule has 0 aliphatic carbocycles. The number of nitrogens with zero attached hydrogens (tertiary/aromatic N) is 4. The van der Waals surface area contributed by atoms with Gasteiger partial charge in [-0.1, -0.05) is 38.1 Å². The second-order valence-corrected chi connectivity index (χ2v) is 7.09. The molecule has 6 nitrogen and oxygen atoms in total. The molecule has 2 heterocycles. The zero-order valence-corrected chi connectivity index (χ0v) is 16.0. The molecule has 0 bridgehead atoms. The minimum Gasteiger partial charge on any atom is -0.449 e. The summed E-state index contributed by atoms with van der Waals surface area (Å²) in [6.07, 6.45) is -1.49. The zero-order chi connectivity index (χ0) is 20.1. The molecule has 0 atom stereocenters. The summed E-state index contributed by atoms with van der Waals surface area (Å²) in [5.41, 5.74) is 0.807. The highest BCUT2D eigenvalue weighted by Crippen LogP contribution is 2.31. The van der Waals surface area contributed by atoms with Crippen molar-refractivity contribution in [3.63, 3.8) is 0 Å².